The van der Waals surface area contributed by atoms with Gasteiger partial charge in [-0.25, -0.2) is 9.59 Å². The lowest BCUT2D eigenvalue weighted by Gasteiger charge is -2.24. The number of carbonyl (C=O) groups is 2. The molecule has 0 fully saturated rings. The number of nitrogens with one attached hydrogen (secondary N) is 1. The molecule has 0 saturated heterocycles. The van der Waals surface area contributed by atoms with Crippen LogP contribution in [0.25, 0.3) is 0 Å². The van der Waals surface area contributed by atoms with Crippen LogP contribution in [0.4, 0.5) is 24.5 Å². The van der Waals surface area contributed by atoms with E-state index in [-0.39, 0.29) is 29.0 Å². The highest BCUT2D eigenvalue weighted by Gasteiger charge is 2.33. The normalized spacial score (nSPS) is 12.2. The summed E-state index contributed by atoms with van der Waals surface area (Å²) in [5, 5.41) is 21.2. The van der Waals surface area contributed by atoms with E-state index < -0.39 is 28.7 Å². The lowest BCUT2D eigenvalue weighted by Crippen LogP contribution is -2.11. The van der Waals surface area contributed by atoms with Crippen LogP contribution in [0.5, 0.6) is 11.5 Å². The molecule has 0 atom stereocenters. The van der Waals surface area contributed by atoms with Crippen LogP contribution < -0.4 is 10.1 Å². The van der Waals surface area contributed by atoms with E-state index >= 15 is 0 Å². The van der Waals surface area contributed by atoms with E-state index in [4.69, 9.17) is 16.3 Å². The van der Waals surface area contributed by atoms with E-state index in [2.05, 4.69) is 5.32 Å². The molecular weight excluding hydrogens is 451 g/mol. The Morgan fingerprint density at radius 1 is 0.938 bits per heavy atom. The van der Waals surface area contributed by atoms with Crippen LogP contribution in [0.2, 0.25) is 5.02 Å². The van der Waals surface area contributed by atoms with Crippen molar-refractivity contribution in [2.24, 2.45) is 0 Å². The maximum absolute atomic E-state index is 12.9. The molecule has 10 heteroatoms. The molecule has 4 rings (SSSR count). The summed E-state index contributed by atoms with van der Waals surface area (Å²) in [4.78, 5) is 22.9. The number of ether oxygens (including phenoxy) is 1. The second kappa shape index (κ2) is 7.76. The lowest BCUT2D eigenvalue weighted by molar-refractivity contribution is -0.137. The molecule has 1 aliphatic rings. The van der Waals surface area contributed by atoms with Crippen LogP contribution >= 0.6 is 11.6 Å². The Labute approximate surface area is 183 Å². The molecule has 3 aromatic rings. The Morgan fingerprint density at radius 3 is 2.25 bits per heavy atom. The van der Waals surface area contributed by atoms with Gasteiger partial charge in [0.05, 0.1) is 33.1 Å². The fourth-order valence-electron chi connectivity index (χ4n) is 3.38. The molecule has 0 aromatic heterocycles. The maximum Gasteiger partial charge on any atom is 0.417 e. The van der Waals surface area contributed by atoms with Crippen molar-refractivity contribution in [2.45, 2.75) is 12.6 Å². The summed E-state index contributed by atoms with van der Waals surface area (Å²) in [7, 11) is 0. The fraction of sp³-hybridized carbons (Fsp3) is 0.0909. The third-order valence-electron chi connectivity index (χ3n) is 4.85. The number of fused-ring (bicyclic) bond motifs is 2. The van der Waals surface area contributed by atoms with Gasteiger partial charge >= 0.3 is 18.1 Å². The van der Waals surface area contributed by atoms with Gasteiger partial charge in [0.1, 0.15) is 0 Å². The number of anilines is 2. The van der Waals surface area contributed by atoms with Crippen LogP contribution in [0.3, 0.4) is 0 Å². The van der Waals surface area contributed by atoms with Crippen molar-refractivity contribution >= 4 is 34.9 Å². The van der Waals surface area contributed by atoms with Crippen LogP contribution in [0, 0.1) is 0 Å². The predicted octanol–water partition coefficient (Wildman–Crippen LogP) is 6.20. The second-order valence-corrected chi connectivity index (χ2v) is 7.46. The molecule has 3 aromatic carbocycles. The van der Waals surface area contributed by atoms with Gasteiger partial charge in [-0.05, 0) is 53.9 Å². The fourth-order valence-corrected chi connectivity index (χ4v) is 3.69. The summed E-state index contributed by atoms with van der Waals surface area (Å²) in [6.07, 6.45) is -4.28. The van der Waals surface area contributed by atoms with Crippen LogP contribution in [0.15, 0.2) is 48.5 Å². The van der Waals surface area contributed by atoms with Gasteiger partial charge in [0.2, 0.25) is 0 Å². The highest BCUT2D eigenvalue weighted by molar-refractivity contribution is 6.31. The molecule has 0 spiro atoms. The molecule has 0 saturated carbocycles. The van der Waals surface area contributed by atoms with Gasteiger partial charge < -0.3 is 20.3 Å². The predicted molar refractivity (Wildman–Crippen MR) is 109 cm³/mol. The number of halogens is 4. The molecule has 0 aliphatic carbocycles. The number of alkyl halides is 3. The summed E-state index contributed by atoms with van der Waals surface area (Å²) in [5.74, 6) is -2.24. The molecule has 0 radical (unpaired) electrons. The Kier molecular flexibility index (Phi) is 5.21. The highest BCUT2D eigenvalue weighted by Crippen LogP contribution is 2.45. The van der Waals surface area contributed by atoms with Gasteiger partial charge in [-0.2, -0.15) is 13.2 Å². The minimum Gasteiger partial charge on any atom is -0.478 e. The molecule has 0 unspecified atom stereocenters. The van der Waals surface area contributed by atoms with E-state index in [9.17, 15) is 33.0 Å². The number of hydrogen-bond acceptors (Lipinski definition) is 4. The van der Waals surface area contributed by atoms with Gasteiger partial charge in [-0.3, -0.25) is 0 Å². The van der Waals surface area contributed by atoms with E-state index in [1.807, 2.05) is 0 Å². The maximum atomic E-state index is 12.9. The zero-order valence-electron chi connectivity index (χ0n) is 16.0. The third-order valence-corrected chi connectivity index (χ3v) is 5.16. The van der Waals surface area contributed by atoms with Crippen molar-refractivity contribution in [1.82, 2.24) is 0 Å². The molecule has 164 valence electrons. The van der Waals surface area contributed by atoms with Crippen molar-refractivity contribution in [1.29, 1.82) is 0 Å². The molecule has 32 heavy (non-hydrogen) atoms. The van der Waals surface area contributed by atoms with E-state index in [0.717, 1.165) is 12.1 Å². The van der Waals surface area contributed by atoms with E-state index in [1.54, 1.807) is 18.2 Å². The van der Waals surface area contributed by atoms with Gasteiger partial charge in [0.15, 0.2) is 11.5 Å². The number of carboxylic acid groups (broad SMARTS) is 2. The Morgan fingerprint density at radius 2 is 1.62 bits per heavy atom. The minimum absolute atomic E-state index is 0.0528. The Hall–Kier alpha value is -3.72. The molecular formula is C22H13ClF3NO5. The first-order valence-corrected chi connectivity index (χ1v) is 9.49. The second-order valence-electron chi connectivity index (χ2n) is 7.05. The zero-order chi connectivity index (χ0) is 23.2. The molecule has 6 nitrogen and oxygen atoms in total. The standard InChI is InChI=1S/C22H13ClF3NO5/c23-15-6-10(1-3-14(15)22(24,25)26)5-11-2-4-17-16(7-11)27-19-13(21(30)31)8-12(20(28)29)9-18(19)32-17/h1-4,6-9,27H,5H2,(H,28,29)(H,30,31). The Balaban J connectivity index is 1.65. The zero-order valence-corrected chi connectivity index (χ0v) is 16.7. The van der Waals surface area contributed by atoms with Gasteiger partial charge in [0.25, 0.3) is 0 Å². The number of carboxylic acids is 2. The topological polar surface area (TPSA) is 95.9 Å². The van der Waals surface area contributed by atoms with Crippen molar-refractivity contribution in [3.63, 3.8) is 0 Å². The number of aromatic carboxylic acids is 2. The summed E-state index contributed by atoms with van der Waals surface area (Å²) in [5.41, 5.74) is 0.369. The number of benzene rings is 3. The molecule has 0 bridgehead atoms. The molecule has 3 N–H and O–H groups in total. The van der Waals surface area contributed by atoms with Crippen LogP contribution in [-0.2, 0) is 12.6 Å². The summed E-state index contributed by atoms with van der Waals surface area (Å²) in [6.45, 7) is 0. The van der Waals surface area contributed by atoms with Crippen molar-refractivity contribution in [3.8, 4) is 11.5 Å². The Bertz CT molecular complexity index is 1270. The van der Waals surface area contributed by atoms with E-state index in [1.165, 1.54) is 18.2 Å². The van der Waals surface area contributed by atoms with Crippen LogP contribution in [0.1, 0.15) is 37.4 Å². The highest BCUT2D eigenvalue weighted by atomic mass is 35.5. The monoisotopic (exact) mass is 463 g/mol. The largest absolute Gasteiger partial charge is 0.478 e. The minimum atomic E-state index is -4.54. The third kappa shape index (κ3) is 4.06. The molecule has 1 aliphatic heterocycles. The first-order chi connectivity index (χ1) is 15.0. The average molecular weight is 464 g/mol. The summed E-state index contributed by atoms with van der Waals surface area (Å²) in [6, 6.07) is 10.7. The molecule has 0 amide bonds. The first kappa shape index (κ1) is 21.5. The number of rotatable bonds is 4. The SMILES string of the molecule is O=C(O)c1cc2c(c(C(=O)O)c1)Nc1cc(Cc3ccc(C(F)(F)F)c(Cl)c3)ccc1O2. The van der Waals surface area contributed by atoms with Gasteiger partial charge in [-0.15, -0.1) is 0 Å². The summed E-state index contributed by atoms with van der Waals surface area (Å²) < 4.78 is 44.4. The van der Waals surface area contributed by atoms with Crippen molar-refractivity contribution in [3.05, 3.63) is 81.4 Å². The van der Waals surface area contributed by atoms with Crippen molar-refractivity contribution in [2.75, 3.05) is 5.32 Å². The quantitative estimate of drug-likeness (QED) is 0.334. The number of hydrogen-bond donors (Lipinski definition) is 3. The van der Waals surface area contributed by atoms with Gasteiger partial charge in [-0.1, -0.05) is 23.7 Å². The molecule has 1 heterocycles. The summed E-state index contributed by atoms with van der Waals surface area (Å²) >= 11 is 5.78. The van der Waals surface area contributed by atoms with Gasteiger partial charge in [0, 0.05) is 0 Å². The van der Waals surface area contributed by atoms with Crippen LogP contribution in [-0.4, -0.2) is 22.2 Å². The lowest BCUT2D eigenvalue weighted by atomic mass is 10.0. The van der Waals surface area contributed by atoms with E-state index in [0.29, 0.717) is 22.6 Å². The van der Waals surface area contributed by atoms with Crippen molar-refractivity contribution < 1.29 is 37.7 Å². The average Bonchev–Trinajstić information content (AvgIpc) is 2.70. The first-order valence-electron chi connectivity index (χ1n) is 9.11. The smallest absolute Gasteiger partial charge is 0.417 e.